The third-order valence-electron chi connectivity index (χ3n) is 2.59. The largest absolute Gasteiger partial charge is 0.311 e. The van der Waals surface area contributed by atoms with Crippen molar-refractivity contribution in [1.29, 1.82) is 0 Å². The monoisotopic (exact) mass is 321 g/mol. The van der Waals surface area contributed by atoms with Gasteiger partial charge in [-0.25, -0.2) is 0 Å². The van der Waals surface area contributed by atoms with Gasteiger partial charge in [0.1, 0.15) is 0 Å². The van der Waals surface area contributed by atoms with Gasteiger partial charge in [0.05, 0.1) is 14.9 Å². The molecule has 0 bridgehead atoms. The number of hydrogen-bond acceptors (Lipinski definition) is 1. The molecule has 0 spiro atoms. The summed E-state index contributed by atoms with van der Waals surface area (Å²) in [6.45, 7) is 0.735. The van der Waals surface area contributed by atoms with Crippen molar-refractivity contribution in [3.63, 3.8) is 0 Å². The summed E-state index contributed by atoms with van der Waals surface area (Å²) in [6, 6.07) is 5.26. The molecule has 1 amide bonds. The molecule has 1 saturated heterocycles. The molecule has 1 fully saturated rings. The van der Waals surface area contributed by atoms with E-state index in [9.17, 15) is 4.79 Å². The minimum atomic E-state index is -0.0873. The van der Waals surface area contributed by atoms with Crippen molar-refractivity contribution in [3.8, 4) is 0 Å². The van der Waals surface area contributed by atoms with Gasteiger partial charge in [0.25, 0.3) is 0 Å². The van der Waals surface area contributed by atoms with E-state index in [1.54, 1.807) is 17.0 Å². The van der Waals surface area contributed by atoms with Crippen LogP contribution in [0.5, 0.6) is 0 Å². The summed E-state index contributed by atoms with van der Waals surface area (Å²) < 4.78 is 0. The van der Waals surface area contributed by atoms with Gasteiger partial charge in [-0.05, 0) is 31.0 Å². The Bertz CT molecular complexity index is 424. The third kappa shape index (κ3) is 2.36. The van der Waals surface area contributed by atoms with E-state index in [4.69, 9.17) is 23.2 Å². The summed E-state index contributed by atoms with van der Waals surface area (Å²) in [5.41, 5.74) is 0.809. The second-order valence-corrected chi connectivity index (χ2v) is 5.62. The number of carbonyl (C=O) groups excluding carboxylic acids is 1. The molecule has 1 unspecified atom stereocenters. The fourth-order valence-electron chi connectivity index (χ4n) is 1.74. The number of piperidine rings is 1. The molecule has 2 rings (SSSR count). The van der Waals surface area contributed by atoms with Gasteiger partial charge in [0.2, 0.25) is 5.91 Å². The van der Waals surface area contributed by atoms with Crippen molar-refractivity contribution in [3.05, 3.63) is 28.2 Å². The van der Waals surface area contributed by atoms with Crippen LogP contribution < -0.4 is 4.90 Å². The van der Waals surface area contributed by atoms with Crippen LogP contribution in [-0.2, 0) is 4.79 Å². The van der Waals surface area contributed by atoms with Gasteiger partial charge in [-0.3, -0.25) is 4.79 Å². The molecule has 1 atom stereocenters. The summed E-state index contributed by atoms with van der Waals surface area (Å²) in [6.07, 6.45) is 1.87. The van der Waals surface area contributed by atoms with E-state index in [2.05, 4.69) is 15.9 Å². The smallest absolute Gasteiger partial charge is 0.240 e. The van der Waals surface area contributed by atoms with E-state index < -0.39 is 0 Å². The first-order valence-electron chi connectivity index (χ1n) is 5.00. The van der Waals surface area contributed by atoms with E-state index >= 15 is 0 Å². The zero-order valence-electron chi connectivity index (χ0n) is 8.42. The van der Waals surface area contributed by atoms with Crippen LogP contribution >= 0.6 is 39.1 Å². The van der Waals surface area contributed by atoms with Crippen LogP contribution in [0.1, 0.15) is 12.8 Å². The van der Waals surface area contributed by atoms with Crippen LogP contribution in [0, 0.1) is 0 Å². The molecule has 2 nitrogen and oxygen atoms in total. The fourth-order valence-corrected chi connectivity index (χ4v) is 2.60. The Kier molecular flexibility index (Phi) is 3.77. The third-order valence-corrected chi connectivity index (χ3v) is 4.18. The molecule has 0 aromatic heterocycles. The second kappa shape index (κ2) is 4.94. The highest BCUT2D eigenvalue weighted by Crippen LogP contribution is 2.30. The zero-order chi connectivity index (χ0) is 11.7. The molecule has 0 saturated carbocycles. The minimum Gasteiger partial charge on any atom is -0.311 e. The van der Waals surface area contributed by atoms with Crippen LogP contribution in [0.3, 0.4) is 0 Å². The maximum absolute atomic E-state index is 11.9. The molecular weight excluding hydrogens is 313 g/mol. The van der Waals surface area contributed by atoms with Crippen molar-refractivity contribution >= 4 is 50.7 Å². The fraction of sp³-hybridized carbons (Fsp3) is 0.364. The highest BCUT2D eigenvalue weighted by molar-refractivity contribution is 9.10. The van der Waals surface area contributed by atoms with Crippen LogP contribution in [0.4, 0.5) is 5.69 Å². The molecule has 86 valence electrons. The normalized spacial score (nSPS) is 21.3. The van der Waals surface area contributed by atoms with E-state index in [1.165, 1.54) is 0 Å². The maximum Gasteiger partial charge on any atom is 0.240 e. The molecule has 1 aromatic rings. The lowest BCUT2D eigenvalue weighted by molar-refractivity contribution is -0.118. The average Bonchev–Trinajstić information content (AvgIpc) is 2.26. The van der Waals surface area contributed by atoms with Gasteiger partial charge in [0, 0.05) is 12.2 Å². The molecule has 1 aliphatic rings. The first kappa shape index (κ1) is 12.2. The standard InChI is InChI=1S/C11H10BrCl2NO/c12-8-2-1-5-15(11(8)16)7-3-4-9(13)10(14)6-7/h3-4,6,8H,1-2,5H2. The minimum absolute atomic E-state index is 0.0873. The number of carbonyl (C=O) groups is 1. The Morgan fingerprint density at radius 2 is 2.06 bits per heavy atom. The Morgan fingerprint density at radius 1 is 1.31 bits per heavy atom. The van der Waals surface area contributed by atoms with Gasteiger partial charge in [0.15, 0.2) is 0 Å². The van der Waals surface area contributed by atoms with Crippen molar-refractivity contribution in [2.24, 2.45) is 0 Å². The number of alkyl halides is 1. The second-order valence-electron chi connectivity index (χ2n) is 3.70. The quantitative estimate of drug-likeness (QED) is 0.718. The van der Waals surface area contributed by atoms with Crippen LogP contribution in [0.15, 0.2) is 18.2 Å². The lowest BCUT2D eigenvalue weighted by Crippen LogP contribution is -2.41. The molecule has 5 heteroatoms. The van der Waals surface area contributed by atoms with Gasteiger partial charge in [-0.1, -0.05) is 39.1 Å². The number of rotatable bonds is 1. The first-order chi connectivity index (χ1) is 7.59. The molecule has 0 aliphatic carbocycles. The van der Waals surface area contributed by atoms with E-state index in [0.29, 0.717) is 10.0 Å². The lowest BCUT2D eigenvalue weighted by Gasteiger charge is -2.30. The Morgan fingerprint density at radius 3 is 2.75 bits per heavy atom. The molecule has 16 heavy (non-hydrogen) atoms. The van der Waals surface area contributed by atoms with E-state index in [0.717, 1.165) is 25.1 Å². The number of halogens is 3. The van der Waals surface area contributed by atoms with Gasteiger partial charge >= 0.3 is 0 Å². The van der Waals surface area contributed by atoms with Crippen LogP contribution in [-0.4, -0.2) is 17.3 Å². The van der Waals surface area contributed by atoms with Crippen molar-refractivity contribution in [1.82, 2.24) is 0 Å². The summed E-state index contributed by atoms with van der Waals surface area (Å²) in [7, 11) is 0. The van der Waals surface area contributed by atoms with Crippen LogP contribution in [0.25, 0.3) is 0 Å². The van der Waals surface area contributed by atoms with Crippen molar-refractivity contribution in [2.75, 3.05) is 11.4 Å². The summed E-state index contributed by atoms with van der Waals surface area (Å²) >= 11 is 15.1. The summed E-state index contributed by atoms with van der Waals surface area (Å²) in [4.78, 5) is 13.6. The number of anilines is 1. The Balaban J connectivity index is 2.29. The van der Waals surface area contributed by atoms with Crippen LogP contribution in [0.2, 0.25) is 10.0 Å². The Labute approximate surface area is 113 Å². The molecule has 0 radical (unpaired) electrons. The molecule has 0 N–H and O–H groups in total. The van der Waals surface area contributed by atoms with E-state index in [-0.39, 0.29) is 10.7 Å². The number of hydrogen-bond donors (Lipinski definition) is 0. The number of amides is 1. The summed E-state index contributed by atoms with van der Waals surface area (Å²) in [5, 5.41) is 0.980. The van der Waals surface area contributed by atoms with Crippen molar-refractivity contribution < 1.29 is 4.79 Å². The molecule has 1 heterocycles. The molecule has 1 aromatic carbocycles. The van der Waals surface area contributed by atoms with Gasteiger partial charge in [-0.2, -0.15) is 0 Å². The van der Waals surface area contributed by atoms with Crippen molar-refractivity contribution in [2.45, 2.75) is 17.7 Å². The predicted octanol–water partition coefficient (Wildman–Crippen LogP) is 3.88. The topological polar surface area (TPSA) is 20.3 Å². The highest BCUT2D eigenvalue weighted by atomic mass is 79.9. The predicted molar refractivity (Wildman–Crippen MR) is 70.8 cm³/mol. The number of nitrogens with zero attached hydrogens (tertiary/aromatic N) is 1. The molecular formula is C11H10BrCl2NO. The SMILES string of the molecule is O=C1C(Br)CCCN1c1ccc(Cl)c(Cl)c1. The molecule has 1 aliphatic heterocycles. The maximum atomic E-state index is 11.9. The van der Waals surface area contributed by atoms with Gasteiger partial charge in [-0.15, -0.1) is 0 Å². The Hall–Kier alpha value is -0.250. The average molecular weight is 323 g/mol. The van der Waals surface area contributed by atoms with Gasteiger partial charge < -0.3 is 4.90 Å². The van der Waals surface area contributed by atoms with E-state index in [1.807, 2.05) is 6.07 Å². The summed E-state index contributed by atoms with van der Waals surface area (Å²) in [5.74, 6) is 0.0876. The number of benzene rings is 1. The zero-order valence-corrected chi connectivity index (χ0v) is 11.5. The first-order valence-corrected chi connectivity index (χ1v) is 6.67. The highest BCUT2D eigenvalue weighted by Gasteiger charge is 2.27. The lowest BCUT2D eigenvalue weighted by atomic mass is 10.1.